The Morgan fingerprint density at radius 3 is 2.68 bits per heavy atom. The van der Waals surface area contributed by atoms with E-state index < -0.39 is 0 Å². The Bertz CT molecular complexity index is 1440. The van der Waals surface area contributed by atoms with Gasteiger partial charge in [0.05, 0.1) is 25.1 Å². The molecule has 0 bridgehead atoms. The van der Waals surface area contributed by atoms with Crippen LogP contribution in [0.3, 0.4) is 0 Å². The number of nitrogens with zero attached hydrogens (tertiary/aromatic N) is 5. The number of nitrogens with one attached hydrogen (secondary N) is 2. The fourth-order valence-electron chi connectivity index (χ4n) is 3.61. The molecule has 1 aliphatic rings. The molecule has 0 saturated carbocycles. The van der Waals surface area contributed by atoms with Crippen LogP contribution in [0.4, 0.5) is 23.5 Å². The Morgan fingerprint density at radius 2 is 1.86 bits per heavy atom. The van der Waals surface area contributed by atoms with Gasteiger partial charge in [-0.3, -0.25) is 0 Å². The summed E-state index contributed by atoms with van der Waals surface area (Å²) in [4.78, 5) is 15.7. The first-order chi connectivity index (χ1) is 17.9. The molecule has 0 amide bonds. The molecule has 9 nitrogen and oxygen atoms in total. The highest BCUT2D eigenvalue weighted by Gasteiger charge is 2.17. The summed E-state index contributed by atoms with van der Waals surface area (Å²) in [5, 5.41) is 8.80. The smallest absolute Gasteiger partial charge is 0.250 e. The topological polar surface area (TPSA) is 101 Å². The highest BCUT2D eigenvalue weighted by atomic mass is 79.9. The maximum absolute atomic E-state index is 6.33. The number of benzene rings is 2. The number of ether oxygens (including phenoxy) is 1. The quantitative estimate of drug-likeness (QED) is 0.182. The summed E-state index contributed by atoms with van der Waals surface area (Å²) in [6.07, 6.45) is 3.23. The molecule has 4 aromatic rings. The number of hydrogen-bond donors (Lipinski definition) is 2. The standard InChI is InChI=1S/C25H22BrCl2N7O2/c1-15-9-19(26)21(12-20(15)28)30-23-31-24(33-25(32-23)35-5-7-36-8-6-35)34-29-13-16-10-22(37-14-16)17-3-2-4-18(27)11-17/h2-4,9-14H,5-8H2,1H3,(H2,30,31,32,33,34)/b29-13-. The molecule has 190 valence electrons. The van der Waals surface area contributed by atoms with E-state index in [4.69, 9.17) is 32.4 Å². The fraction of sp³-hybridized carbons (Fsp3) is 0.200. The van der Waals surface area contributed by atoms with E-state index in [-0.39, 0.29) is 5.95 Å². The van der Waals surface area contributed by atoms with Gasteiger partial charge in [-0.1, -0.05) is 35.3 Å². The molecule has 2 aromatic carbocycles. The van der Waals surface area contributed by atoms with Crippen LogP contribution >= 0.6 is 39.1 Å². The average Bonchev–Trinajstić information content (AvgIpc) is 3.37. The lowest BCUT2D eigenvalue weighted by atomic mass is 10.1. The second-order valence-corrected chi connectivity index (χ2v) is 9.91. The lowest BCUT2D eigenvalue weighted by Gasteiger charge is -2.27. The van der Waals surface area contributed by atoms with Crippen molar-refractivity contribution in [3.63, 3.8) is 0 Å². The minimum Gasteiger partial charge on any atom is -0.464 e. The van der Waals surface area contributed by atoms with Gasteiger partial charge in [-0.15, -0.1) is 0 Å². The number of aryl methyl sites for hydroxylation is 1. The zero-order valence-corrected chi connectivity index (χ0v) is 22.8. The van der Waals surface area contributed by atoms with E-state index in [1.165, 1.54) is 0 Å². The highest BCUT2D eigenvalue weighted by molar-refractivity contribution is 9.10. The minimum atomic E-state index is 0.281. The summed E-state index contributed by atoms with van der Waals surface area (Å²) in [5.41, 5.74) is 6.24. The SMILES string of the molecule is Cc1cc(Br)c(Nc2nc(N/N=C\c3coc(-c4cccc(Cl)c4)c3)nc(N3CCOCC3)n2)cc1Cl. The Morgan fingerprint density at radius 1 is 1.05 bits per heavy atom. The third kappa shape index (κ3) is 6.40. The maximum atomic E-state index is 6.33. The van der Waals surface area contributed by atoms with Crippen LogP contribution in [0.25, 0.3) is 11.3 Å². The van der Waals surface area contributed by atoms with Gasteiger partial charge in [-0.2, -0.15) is 20.1 Å². The predicted octanol–water partition coefficient (Wildman–Crippen LogP) is 6.54. The number of aromatic nitrogens is 3. The van der Waals surface area contributed by atoms with Gasteiger partial charge in [0.1, 0.15) is 12.0 Å². The van der Waals surface area contributed by atoms with Crippen LogP contribution in [0.15, 0.2) is 62.7 Å². The lowest BCUT2D eigenvalue weighted by Crippen LogP contribution is -2.37. The summed E-state index contributed by atoms with van der Waals surface area (Å²) in [6, 6.07) is 13.1. The normalized spacial score (nSPS) is 13.8. The van der Waals surface area contributed by atoms with Crippen molar-refractivity contribution in [1.29, 1.82) is 0 Å². The van der Waals surface area contributed by atoms with E-state index in [9.17, 15) is 0 Å². The van der Waals surface area contributed by atoms with E-state index in [2.05, 4.69) is 46.7 Å². The zero-order valence-electron chi connectivity index (χ0n) is 19.7. The van der Waals surface area contributed by atoms with Gasteiger partial charge >= 0.3 is 0 Å². The largest absolute Gasteiger partial charge is 0.464 e. The molecule has 5 rings (SSSR count). The van der Waals surface area contributed by atoms with Crippen molar-refractivity contribution in [2.24, 2.45) is 5.10 Å². The monoisotopic (exact) mass is 601 g/mol. The Kier molecular flexibility index (Phi) is 7.90. The first-order valence-corrected chi connectivity index (χ1v) is 12.9. The first kappa shape index (κ1) is 25.5. The number of anilines is 4. The Balaban J connectivity index is 1.37. The molecule has 1 fully saturated rings. The maximum Gasteiger partial charge on any atom is 0.250 e. The number of hydrogen-bond acceptors (Lipinski definition) is 9. The van der Waals surface area contributed by atoms with Gasteiger partial charge in [-0.25, -0.2) is 5.43 Å². The summed E-state index contributed by atoms with van der Waals surface area (Å²) >= 11 is 16.0. The molecule has 1 aliphatic heterocycles. The lowest BCUT2D eigenvalue weighted by molar-refractivity contribution is 0.122. The first-order valence-electron chi connectivity index (χ1n) is 11.4. The number of halogens is 3. The summed E-state index contributed by atoms with van der Waals surface area (Å²) < 4.78 is 12.0. The molecule has 0 unspecified atom stereocenters. The van der Waals surface area contributed by atoms with Gasteiger partial charge in [-0.05, 0) is 58.7 Å². The third-order valence-corrected chi connectivity index (χ3v) is 6.82. The van der Waals surface area contributed by atoms with Gasteiger partial charge in [0.15, 0.2) is 0 Å². The molecule has 3 heterocycles. The van der Waals surface area contributed by atoms with E-state index in [1.54, 1.807) is 12.5 Å². The van der Waals surface area contributed by atoms with Crippen molar-refractivity contribution < 1.29 is 9.15 Å². The molecule has 0 spiro atoms. The average molecular weight is 603 g/mol. The predicted molar refractivity (Wildman–Crippen MR) is 150 cm³/mol. The van der Waals surface area contributed by atoms with Gasteiger partial charge in [0, 0.05) is 38.7 Å². The molecule has 2 aromatic heterocycles. The fourth-order valence-corrected chi connectivity index (χ4v) is 4.53. The van der Waals surface area contributed by atoms with Crippen molar-refractivity contribution in [2.75, 3.05) is 41.9 Å². The van der Waals surface area contributed by atoms with Crippen molar-refractivity contribution in [2.45, 2.75) is 6.92 Å². The van der Waals surface area contributed by atoms with Gasteiger partial charge in [0.25, 0.3) is 0 Å². The Labute approximate surface area is 232 Å². The Hall–Kier alpha value is -3.18. The molecule has 0 radical (unpaired) electrons. The van der Waals surface area contributed by atoms with E-state index in [0.717, 1.165) is 26.9 Å². The van der Waals surface area contributed by atoms with Crippen LogP contribution in [0.2, 0.25) is 10.0 Å². The summed E-state index contributed by atoms with van der Waals surface area (Å²) in [6.45, 7) is 4.49. The van der Waals surface area contributed by atoms with Crippen molar-refractivity contribution in [1.82, 2.24) is 15.0 Å². The number of hydrazone groups is 1. The van der Waals surface area contributed by atoms with E-state index in [0.29, 0.717) is 54.0 Å². The second kappa shape index (κ2) is 11.5. The van der Waals surface area contributed by atoms with Crippen LogP contribution in [0.5, 0.6) is 0 Å². The van der Waals surface area contributed by atoms with Crippen molar-refractivity contribution in [3.8, 4) is 11.3 Å². The van der Waals surface area contributed by atoms with Gasteiger partial charge in [0.2, 0.25) is 17.8 Å². The second-order valence-electron chi connectivity index (χ2n) is 8.21. The molecule has 1 saturated heterocycles. The third-order valence-electron chi connectivity index (χ3n) is 5.52. The zero-order chi connectivity index (χ0) is 25.8. The number of rotatable bonds is 7. The molecular weight excluding hydrogens is 581 g/mol. The van der Waals surface area contributed by atoms with E-state index >= 15 is 0 Å². The van der Waals surface area contributed by atoms with Crippen LogP contribution < -0.4 is 15.6 Å². The highest BCUT2D eigenvalue weighted by Crippen LogP contribution is 2.31. The molecule has 0 aliphatic carbocycles. The minimum absolute atomic E-state index is 0.281. The van der Waals surface area contributed by atoms with Gasteiger partial charge < -0.3 is 19.4 Å². The molecule has 2 N–H and O–H groups in total. The number of furan rings is 1. The van der Waals surface area contributed by atoms with Crippen molar-refractivity contribution >= 4 is 68.9 Å². The molecule has 37 heavy (non-hydrogen) atoms. The summed E-state index contributed by atoms with van der Waals surface area (Å²) in [7, 11) is 0. The molecule has 12 heteroatoms. The summed E-state index contributed by atoms with van der Waals surface area (Å²) in [5.74, 6) is 1.83. The van der Waals surface area contributed by atoms with Crippen LogP contribution in [-0.4, -0.2) is 47.5 Å². The van der Waals surface area contributed by atoms with Crippen LogP contribution in [-0.2, 0) is 4.74 Å². The molecule has 0 atom stereocenters. The van der Waals surface area contributed by atoms with Crippen LogP contribution in [0, 0.1) is 6.92 Å². The van der Waals surface area contributed by atoms with Crippen LogP contribution in [0.1, 0.15) is 11.1 Å². The molecular formula is C25H22BrCl2N7O2. The number of morpholine rings is 1. The van der Waals surface area contributed by atoms with E-state index in [1.807, 2.05) is 54.3 Å². The van der Waals surface area contributed by atoms with Crippen molar-refractivity contribution in [3.05, 3.63) is 74.4 Å².